The fraction of sp³-hybridized carbons (Fsp3) is 0.100. The maximum absolute atomic E-state index is 12.8. The molecule has 7 heteroatoms. The van der Waals surface area contributed by atoms with E-state index in [4.69, 9.17) is 4.98 Å². The Balaban J connectivity index is 1.77. The first-order valence-electron chi connectivity index (χ1n) is 8.76. The Bertz CT molecular complexity index is 1270. The molecule has 7 nitrogen and oxygen atoms in total. The molecule has 0 spiro atoms. The lowest BCUT2D eigenvalue weighted by Gasteiger charge is -2.02. The molecule has 0 fully saturated rings. The van der Waals surface area contributed by atoms with E-state index >= 15 is 0 Å². The number of rotatable bonds is 3. The highest BCUT2D eigenvalue weighted by Gasteiger charge is 2.24. The number of hydrogen-bond acceptors (Lipinski definition) is 4. The molecule has 0 saturated carbocycles. The minimum atomic E-state index is 0.622. The lowest BCUT2D eigenvalue weighted by Crippen LogP contribution is -2.36. The zero-order chi connectivity index (χ0) is 18.4. The van der Waals surface area contributed by atoms with Gasteiger partial charge in [-0.1, -0.05) is 52.7 Å². The van der Waals surface area contributed by atoms with Crippen molar-refractivity contribution in [2.75, 3.05) is 0 Å². The first kappa shape index (κ1) is 15.5. The van der Waals surface area contributed by atoms with Crippen LogP contribution in [0.4, 0.5) is 0 Å². The zero-order valence-electron chi connectivity index (χ0n) is 14.6. The van der Waals surface area contributed by atoms with Crippen molar-refractivity contribution < 1.29 is 4.85 Å². The van der Waals surface area contributed by atoms with Crippen molar-refractivity contribution >= 4 is 16.7 Å². The third kappa shape index (κ3) is 2.36. The maximum atomic E-state index is 12.8. The van der Waals surface area contributed by atoms with Crippen LogP contribution in [0.5, 0.6) is 0 Å². The van der Waals surface area contributed by atoms with Crippen LogP contribution in [0.15, 0.2) is 60.8 Å². The quantitative estimate of drug-likeness (QED) is 0.397. The summed E-state index contributed by atoms with van der Waals surface area (Å²) in [6, 6.07) is 17.6. The third-order valence-electron chi connectivity index (χ3n) is 4.77. The van der Waals surface area contributed by atoms with Gasteiger partial charge in [-0.2, -0.15) is 15.4 Å². The molecule has 1 N–H and O–H groups in total. The number of benzene rings is 2. The van der Waals surface area contributed by atoms with Gasteiger partial charge in [-0.25, -0.2) is 4.98 Å². The van der Waals surface area contributed by atoms with E-state index in [0.717, 1.165) is 38.3 Å². The summed E-state index contributed by atoms with van der Waals surface area (Å²) in [4.78, 5) is 5.75. The fourth-order valence-corrected chi connectivity index (χ4v) is 3.46. The Labute approximate surface area is 154 Å². The van der Waals surface area contributed by atoms with Gasteiger partial charge in [0.15, 0.2) is 0 Å². The van der Waals surface area contributed by atoms with Gasteiger partial charge in [0, 0.05) is 12.0 Å². The molecule has 5 aromatic rings. The van der Waals surface area contributed by atoms with Crippen molar-refractivity contribution in [2.45, 2.75) is 13.3 Å². The monoisotopic (exact) mass is 356 g/mol. The van der Waals surface area contributed by atoms with Gasteiger partial charge in [-0.3, -0.25) is 0 Å². The van der Waals surface area contributed by atoms with E-state index in [-0.39, 0.29) is 0 Å². The van der Waals surface area contributed by atoms with Gasteiger partial charge in [-0.15, -0.1) is 0 Å². The Hall–Kier alpha value is -3.74. The number of aromatic amines is 1. The molecule has 0 saturated heterocycles. The van der Waals surface area contributed by atoms with Crippen LogP contribution in [0.25, 0.3) is 39.1 Å². The van der Waals surface area contributed by atoms with Gasteiger partial charge >= 0.3 is 0 Å². The predicted octanol–water partition coefficient (Wildman–Crippen LogP) is 3.14. The number of hydrogen-bond donors (Lipinski definition) is 1. The second kappa shape index (κ2) is 5.91. The summed E-state index contributed by atoms with van der Waals surface area (Å²) in [6.45, 7) is 1.98. The SMILES string of the molecule is CCc1c(-c2ccccc2)c2nc(-c3ccc4n[nH]nc4c3)ccn2[n+]1[O-]. The largest absolute Gasteiger partial charge is 0.595 e. The van der Waals surface area contributed by atoms with Crippen LogP contribution in [-0.2, 0) is 6.42 Å². The van der Waals surface area contributed by atoms with Gasteiger partial charge in [-0.05, 0) is 23.8 Å². The molecular weight excluding hydrogens is 340 g/mol. The van der Waals surface area contributed by atoms with Crippen molar-refractivity contribution in [3.05, 3.63) is 71.7 Å². The van der Waals surface area contributed by atoms with Crippen LogP contribution in [0.3, 0.4) is 0 Å². The summed E-state index contributed by atoms with van der Waals surface area (Å²) < 4.78 is 1.55. The van der Waals surface area contributed by atoms with Crippen LogP contribution < -0.4 is 4.85 Å². The number of nitrogens with one attached hydrogen (secondary N) is 1. The molecule has 0 radical (unpaired) electrons. The second-order valence-electron chi connectivity index (χ2n) is 6.32. The van der Waals surface area contributed by atoms with E-state index in [1.165, 1.54) is 0 Å². The summed E-state index contributed by atoms with van der Waals surface area (Å²) in [5.74, 6) is 0. The van der Waals surface area contributed by atoms with Crippen molar-refractivity contribution in [2.24, 2.45) is 0 Å². The molecule has 0 aliphatic heterocycles. The summed E-state index contributed by atoms with van der Waals surface area (Å²) >= 11 is 0. The normalized spacial score (nSPS) is 11.4. The van der Waals surface area contributed by atoms with E-state index in [1.54, 1.807) is 10.7 Å². The molecule has 27 heavy (non-hydrogen) atoms. The first-order chi connectivity index (χ1) is 13.3. The van der Waals surface area contributed by atoms with Gasteiger partial charge in [0.05, 0.1) is 11.9 Å². The van der Waals surface area contributed by atoms with E-state index in [0.29, 0.717) is 17.8 Å². The molecule has 5 rings (SSSR count). The van der Waals surface area contributed by atoms with Crippen LogP contribution in [0.1, 0.15) is 12.6 Å². The smallest absolute Gasteiger partial charge is 0.231 e. The Morgan fingerprint density at radius 3 is 2.63 bits per heavy atom. The molecule has 2 aromatic carbocycles. The fourth-order valence-electron chi connectivity index (χ4n) is 3.46. The number of fused-ring (bicyclic) bond motifs is 2. The molecule has 3 heterocycles. The first-order valence-corrected chi connectivity index (χ1v) is 8.76. The molecular formula is C20H16N6O. The topological polar surface area (TPSA) is 85.8 Å². The van der Waals surface area contributed by atoms with E-state index < -0.39 is 0 Å². The lowest BCUT2D eigenvalue weighted by atomic mass is 10.0. The highest BCUT2D eigenvalue weighted by atomic mass is 16.5. The Morgan fingerprint density at radius 2 is 1.81 bits per heavy atom. The summed E-state index contributed by atoms with van der Waals surface area (Å²) in [5, 5.41) is 23.6. The zero-order valence-corrected chi connectivity index (χ0v) is 14.6. The number of aromatic nitrogens is 6. The van der Waals surface area contributed by atoms with Gasteiger partial charge in [0.1, 0.15) is 16.6 Å². The van der Waals surface area contributed by atoms with Crippen molar-refractivity contribution in [3.8, 4) is 22.4 Å². The molecule has 0 unspecified atom stereocenters. The van der Waals surface area contributed by atoms with Gasteiger partial charge < -0.3 is 5.21 Å². The standard InChI is InChI=1S/C20H16N6O/c1-2-18-19(13-6-4-3-5-7-13)20-21-15(10-11-25(20)26(18)27)14-8-9-16-17(12-14)23-24-22-16/h3-12H,2H2,1H3,(H,22,23,24). The average Bonchev–Trinajstić information content (AvgIpc) is 3.30. The predicted molar refractivity (Wildman–Crippen MR) is 102 cm³/mol. The van der Waals surface area contributed by atoms with E-state index in [2.05, 4.69) is 15.4 Å². The summed E-state index contributed by atoms with van der Waals surface area (Å²) in [5.41, 5.74) is 6.50. The van der Waals surface area contributed by atoms with Crippen LogP contribution in [0, 0.1) is 5.21 Å². The van der Waals surface area contributed by atoms with Crippen LogP contribution in [0.2, 0.25) is 0 Å². The molecule has 0 amide bonds. The van der Waals surface area contributed by atoms with Gasteiger partial charge in [0.2, 0.25) is 11.3 Å². The minimum absolute atomic E-state index is 0.622. The number of H-pyrrole nitrogens is 1. The van der Waals surface area contributed by atoms with E-state index in [1.807, 2.05) is 61.5 Å². The number of nitrogens with zero attached hydrogens (tertiary/aromatic N) is 5. The molecule has 0 atom stereocenters. The minimum Gasteiger partial charge on any atom is -0.595 e. The van der Waals surface area contributed by atoms with Crippen LogP contribution in [-0.4, -0.2) is 24.9 Å². The van der Waals surface area contributed by atoms with Crippen molar-refractivity contribution in [1.82, 2.24) is 24.9 Å². The van der Waals surface area contributed by atoms with Crippen molar-refractivity contribution in [1.29, 1.82) is 0 Å². The van der Waals surface area contributed by atoms with Gasteiger partial charge in [0.25, 0.3) is 0 Å². The molecule has 132 valence electrons. The highest BCUT2D eigenvalue weighted by molar-refractivity contribution is 5.82. The molecule has 0 bridgehead atoms. The Morgan fingerprint density at radius 1 is 1.00 bits per heavy atom. The lowest BCUT2D eigenvalue weighted by molar-refractivity contribution is -0.683. The van der Waals surface area contributed by atoms with Crippen molar-refractivity contribution in [3.63, 3.8) is 0 Å². The molecule has 0 aliphatic carbocycles. The highest BCUT2D eigenvalue weighted by Crippen LogP contribution is 2.29. The van der Waals surface area contributed by atoms with E-state index in [9.17, 15) is 5.21 Å². The average molecular weight is 356 g/mol. The van der Waals surface area contributed by atoms with Crippen LogP contribution >= 0.6 is 0 Å². The maximum Gasteiger partial charge on any atom is 0.231 e. The third-order valence-corrected chi connectivity index (χ3v) is 4.77. The second-order valence-corrected chi connectivity index (χ2v) is 6.32. The Kier molecular flexibility index (Phi) is 3.39. The molecule has 0 aliphatic rings. The summed E-state index contributed by atoms with van der Waals surface area (Å²) in [7, 11) is 0. The molecule has 3 aromatic heterocycles. The summed E-state index contributed by atoms with van der Waals surface area (Å²) in [6.07, 6.45) is 2.39.